The van der Waals surface area contributed by atoms with Gasteiger partial charge in [0.15, 0.2) is 0 Å². The molecule has 0 unspecified atom stereocenters. The second-order valence-electron chi connectivity index (χ2n) is 8.16. The summed E-state index contributed by atoms with van der Waals surface area (Å²) in [5, 5.41) is 23.9. The summed E-state index contributed by atoms with van der Waals surface area (Å²) in [5.41, 5.74) is 2.03. The van der Waals surface area contributed by atoms with Gasteiger partial charge >= 0.3 is 0 Å². The van der Waals surface area contributed by atoms with Crippen molar-refractivity contribution in [1.29, 1.82) is 5.26 Å². The van der Waals surface area contributed by atoms with E-state index in [0.717, 1.165) is 0 Å². The molecule has 8 nitrogen and oxygen atoms in total. The molecule has 1 saturated heterocycles. The number of fused-ring (bicyclic) bond motifs is 1. The molecule has 3 aromatic rings. The van der Waals surface area contributed by atoms with Crippen molar-refractivity contribution >= 4 is 28.3 Å². The lowest BCUT2D eigenvalue weighted by molar-refractivity contribution is -0.384. The van der Waals surface area contributed by atoms with Gasteiger partial charge in [-0.3, -0.25) is 14.9 Å². The van der Waals surface area contributed by atoms with E-state index in [1.807, 2.05) is 4.90 Å². The van der Waals surface area contributed by atoms with E-state index >= 15 is 0 Å². The van der Waals surface area contributed by atoms with E-state index in [2.05, 4.69) is 16.4 Å². The third-order valence-corrected chi connectivity index (χ3v) is 6.00. The summed E-state index contributed by atoms with van der Waals surface area (Å²) < 4.78 is 13.7. The zero-order chi connectivity index (χ0) is 23.5. The fourth-order valence-corrected chi connectivity index (χ4v) is 4.02. The number of aromatic nitrogens is 1. The van der Waals surface area contributed by atoms with E-state index in [1.165, 1.54) is 18.2 Å². The molecular weight excluding hydrogens is 425 g/mol. The molecule has 33 heavy (non-hydrogen) atoms. The average molecular weight is 447 g/mol. The lowest BCUT2D eigenvalue weighted by Crippen LogP contribution is -2.40. The van der Waals surface area contributed by atoms with Crippen LogP contribution in [-0.2, 0) is 11.3 Å². The number of anilines is 1. The van der Waals surface area contributed by atoms with Crippen LogP contribution in [0.4, 0.5) is 15.9 Å². The van der Waals surface area contributed by atoms with Crippen molar-refractivity contribution in [3.05, 3.63) is 75.1 Å². The molecule has 0 aliphatic carbocycles. The summed E-state index contributed by atoms with van der Waals surface area (Å²) in [6, 6.07) is 13.0. The Balaban J connectivity index is 1.41. The molecule has 2 heterocycles. The number of amides is 1. The number of halogens is 1. The fourth-order valence-electron chi connectivity index (χ4n) is 4.02. The molecule has 1 aliphatic rings. The molecule has 1 amide bonds. The minimum atomic E-state index is -0.500. The van der Waals surface area contributed by atoms with Gasteiger partial charge in [-0.15, -0.1) is 0 Å². The maximum atomic E-state index is 13.7. The van der Waals surface area contributed by atoms with Crippen molar-refractivity contribution in [2.24, 2.45) is 5.92 Å². The molecule has 2 aromatic carbocycles. The highest BCUT2D eigenvalue weighted by Gasteiger charge is 2.26. The predicted octanol–water partition coefficient (Wildman–Crippen LogP) is 4.00. The van der Waals surface area contributed by atoms with Gasteiger partial charge in [0, 0.05) is 43.1 Å². The van der Waals surface area contributed by atoms with E-state index in [1.54, 1.807) is 31.2 Å². The number of rotatable bonds is 5. The standard InChI is InChI=1S/C24H22FN5O3/c1-15-2-3-16(10-21(15)25)14-27-24(31)17-6-8-29(9-7-17)23-11-18(13-26)20-12-19(30(32)33)4-5-22(20)28-23/h2-5,10-12,17H,6-9,14H2,1H3,(H,27,31). The Kier molecular flexibility index (Phi) is 6.18. The monoisotopic (exact) mass is 447 g/mol. The highest BCUT2D eigenvalue weighted by atomic mass is 19.1. The molecule has 0 bridgehead atoms. The topological polar surface area (TPSA) is 112 Å². The van der Waals surface area contributed by atoms with Crippen LogP contribution >= 0.6 is 0 Å². The summed E-state index contributed by atoms with van der Waals surface area (Å²) in [7, 11) is 0. The van der Waals surface area contributed by atoms with Crippen LogP contribution in [0.25, 0.3) is 10.9 Å². The largest absolute Gasteiger partial charge is 0.357 e. The molecule has 1 aromatic heterocycles. The summed E-state index contributed by atoms with van der Waals surface area (Å²) in [5.74, 6) is 0.105. The van der Waals surface area contributed by atoms with Gasteiger partial charge in [0.25, 0.3) is 5.69 Å². The first kappa shape index (κ1) is 22.1. The quantitative estimate of drug-likeness (QED) is 0.467. The summed E-state index contributed by atoms with van der Waals surface area (Å²) >= 11 is 0. The van der Waals surface area contributed by atoms with Gasteiger partial charge in [-0.2, -0.15) is 5.26 Å². The minimum Gasteiger partial charge on any atom is -0.357 e. The van der Waals surface area contributed by atoms with Crippen LogP contribution in [-0.4, -0.2) is 28.9 Å². The summed E-state index contributed by atoms with van der Waals surface area (Å²) in [6.45, 7) is 3.15. The lowest BCUT2D eigenvalue weighted by atomic mass is 9.95. The number of aryl methyl sites for hydroxylation is 1. The number of piperidine rings is 1. The van der Waals surface area contributed by atoms with E-state index in [0.29, 0.717) is 59.3 Å². The van der Waals surface area contributed by atoms with Crippen molar-refractivity contribution < 1.29 is 14.1 Å². The van der Waals surface area contributed by atoms with Crippen LogP contribution in [0.2, 0.25) is 0 Å². The summed E-state index contributed by atoms with van der Waals surface area (Å²) in [6.07, 6.45) is 1.24. The fraction of sp³-hybridized carbons (Fsp3) is 0.292. The number of hydrogen-bond donors (Lipinski definition) is 1. The van der Waals surface area contributed by atoms with Crippen LogP contribution < -0.4 is 10.2 Å². The molecule has 0 spiro atoms. The van der Waals surface area contributed by atoms with Crippen molar-refractivity contribution in [3.8, 4) is 6.07 Å². The van der Waals surface area contributed by atoms with Gasteiger partial charge < -0.3 is 10.2 Å². The molecule has 1 aliphatic heterocycles. The highest BCUT2D eigenvalue weighted by molar-refractivity contribution is 5.88. The normalized spacial score (nSPS) is 14.2. The maximum Gasteiger partial charge on any atom is 0.270 e. The van der Waals surface area contributed by atoms with Crippen LogP contribution in [0, 0.1) is 40.1 Å². The van der Waals surface area contributed by atoms with E-state index < -0.39 is 4.92 Å². The van der Waals surface area contributed by atoms with Crippen molar-refractivity contribution in [2.75, 3.05) is 18.0 Å². The number of carbonyl (C=O) groups is 1. The number of nitriles is 1. The van der Waals surface area contributed by atoms with Crippen molar-refractivity contribution in [1.82, 2.24) is 10.3 Å². The molecule has 0 atom stereocenters. The van der Waals surface area contributed by atoms with Gasteiger partial charge in [-0.1, -0.05) is 12.1 Å². The summed E-state index contributed by atoms with van der Waals surface area (Å²) in [4.78, 5) is 29.7. The van der Waals surface area contributed by atoms with Crippen LogP contribution in [0.3, 0.4) is 0 Å². The van der Waals surface area contributed by atoms with E-state index in [4.69, 9.17) is 0 Å². The third kappa shape index (κ3) is 4.75. The van der Waals surface area contributed by atoms with Gasteiger partial charge in [-0.05, 0) is 49.1 Å². The first-order valence-electron chi connectivity index (χ1n) is 10.6. The molecule has 168 valence electrons. The first-order chi connectivity index (χ1) is 15.9. The van der Waals surface area contributed by atoms with Crippen molar-refractivity contribution in [3.63, 3.8) is 0 Å². The smallest absolute Gasteiger partial charge is 0.270 e. The molecule has 1 N–H and O–H groups in total. The van der Waals surface area contributed by atoms with Gasteiger partial charge in [0.05, 0.1) is 22.1 Å². The first-order valence-corrected chi connectivity index (χ1v) is 10.6. The number of benzene rings is 2. The van der Waals surface area contributed by atoms with Crippen LogP contribution in [0.1, 0.15) is 29.5 Å². The number of non-ortho nitro benzene ring substituents is 1. The Hall–Kier alpha value is -4.06. The lowest BCUT2D eigenvalue weighted by Gasteiger charge is -2.32. The Morgan fingerprint density at radius 3 is 2.70 bits per heavy atom. The Labute approximate surface area is 189 Å². The van der Waals surface area contributed by atoms with Gasteiger partial charge in [-0.25, -0.2) is 9.37 Å². The third-order valence-electron chi connectivity index (χ3n) is 6.00. The molecule has 9 heteroatoms. The Bertz CT molecular complexity index is 1280. The van der Waals surface area contributed by atoms with Crippen LogP contribution in [0.5, 0.6) is 0 Å². The SMILES string of the molecule is Cc1ccc(CNC(=O)C2CCN(c3cc(C#N)c4cc([N+](=O)[O-])ccc4n3)CC2)cc1F. The highest BCUT2D eigenvalue weighted by Crippen LogP contribution is 2.28. The number of nitro benzene ring substituents is 1. The van der Waals surface area contributed by atoms with Gasteiger partial charge in [0.1, 0.15) is 11.6 Å². The minimum absolute atomic E-state index is 0.0628. The number of carbonyl (C=O) groups excluding carboxylic acids is 1. The molecular formula is C24H22FN5O3. The van der Waals surface area contributed by atoms with Crippen molar-refractivity contribution in [2.45, 2.75) is 26.3 Å². The maximum absolute atomic E-state index is 13.7. The zero-order valence-corrected chi connectivity index (χ0v) is 18.0. The van der Waals surface area contributed by atoms with Gasteiger partial charge in [0.2, 0.25) is 5.91 Å². The number of nitrogens with one attached hydrogen (secondary N) is 1. The second-order valence-corrected chi connectivity index (χ2v) is 8.16. The Morgan fingerprint density at radius 1 is 1.27 bits per heavy atom. The number of nitrogens with zero attached hydrogens (tertiary/aromatic N) is 4. The number of hydrogen-bond acceptors (Lipinski definition) is 6. The molecule has 1 fully saturated rings. The second kappa shape index (κ2) is 9.20. The number of pyridine rings is 1. The molecule has 4 rings (SSSR count). The zero-order valence-electron chi connectivity index (χ0n) is 18.0. The molecule has 0 saturated carbocycles. The average Bonchev–Trinajstić information content (AvgIpc) is 2.83. The van der Waals surface area contributed by atoms with Crippen LogP contribution in [0.15, 0.2) is 42.5 Å². The molecule has 0 radical (unpaired) electrons. The Morgan fingerprint density at radius 2 is 2.03 bits per heavy atom. The van der Waals surface area contributed by atoms with E-state index in [9.17, 15) is 24.6 Å². The number of nitro groups is 1. The predicted molar refractivity (Wildman–Crippen MR) is 121 cm³/mol. The van der Waals surface area contributed by atoms with E-state index in [-0.39, 0.29) is 29.9 Å².